The maximum atomic E-state index is 13.5. The summed E-state index contributed by atoms with van der Waals surface area (Å²) in [7, 11) is -2.20. The summed E-state index contributed by atoms with van der Waals surface area (Å²) in [5, 5.41) is 0. The topological polar surface area (TPSA) is 72.9 Å². The van der Waals surface area contributed by atoms with E-state index in [1.54, 1.807) is 6.07 Å². The fraction of sp³-hybridized carbons (Fsp3) is 0.667. The summed E-state index contributed by atoms with van der Waals surface area (Å²) < 4.78 is 34.9. The highest BCUT2D eigenvalue weighted by molar-refractivity contribution is 7.86. The molecule has 0 aromatic heterocycles. The van der Waals surface area contributed by atoms with Crippen LogP contribution in [0.15, 0.2) is 12.1 Å². The lowest BCUT2D eigenvalue weighted by molar-refractivity contribution is -0.190. The van der Waals surface area contributed by atoms with Crippen molar-refractivity contribution in [2.75, 3.05) is 26.5 Å². The number of carbonyl (C=O) groups is 1. The van der Waals surface area contributed by atoms with Crippen molar-refractivity contribution < 1.29 is 22.1 Å². The number of hydrogen-bond donors (Lipinski definition) is 0. The van der Waals surface area contributed by atoms with Gasteiger partial charge < -0.3 is 8.92 Å². The zero-order valence-electron chi connectivity index (χ0n) is 16.8. The van der Waals surface area contributed by atoms with E-state index in [1.807, 2.05) is 6.07 Å². The Bertz CT molecular complexity index is 989. The molecule has 5 aliphatic rings. The largest absolute Gasteiger partial charge is 0.493 e. The fourth-order valence-corrected chi connectivity index (χ4v) is 7.70. The highest BCUT2D eigenvalue weighted by atomic mass is 32.2. The lowest BCUT2D eigenvalue weighted by Crippen LogP contribution is -2.79. The predicted molar refractivity (Wildman–Crippen MR) is 104 cm³/mol. The smallest absolute Gasteiger partial charge is 0.306 e. The number of ketones is 1. The van der Waals surface area contributed by atoms with Crippen molar-refractivity contribution in [1.82, 2.24) is 4.90 Å². The number of Topliss-reactive ketones (excluding diaryl/α,β-unsaturated/α-hetero) is 1. The van der Waals surface area contributed by atoms with Gasteiger partial charge in [-0.3, -0.25) is 9.69 Å². The van der Waals surface area contributed by atoms with Gasteiger partial charge in [0.15, 0.2) is 11.5 Å². The van der Waals surface area contributed by atoms with Gasteiger partial charge in [-0.15, -0.1) is 0 Å². The second kappa shape index (κ2) is 5.51. The summed E-state index contributed by atoms with van der Waals surface area (Å²) in [6.07, 6.45) is 3.50. The van der Waals surface area contributed by atoms with Crippen LogP contribution in [0.2, 0.25) is 0 Å². The van der Waals surface area contributed by atoms with Crippen molar-refractivity contribution in [3.8, 4) is 11.5 Å². The van der Waals surface area contributed by atoms with Gasteiger partial charge >= 0.3 is 10.1 Å². The minimum Gasteiger partial charge on any atom is -0.493 e. The van der Waals surface area contributed by atoms with E-state index in [0.29, 0.717) is 23.9 Å². The quantitative estimate of drug-likeness (QED) is 0.717. The molecule has 1 aromatic carbocycles. The van der Waals surface area contributed by atoms with E-state index in [-0.39, 0.29) is 23.1 Å². The van der Waals surface area contributed by atoms with Gasteiger partial charge in [0.25, 0.3) is 0 Å². The van der Waals surface area contributed by atoms with Gasteiger partial charge in [-0.25, -0.2) is 0 Å². The monoisotopic (exact) mass is 405 g/mol. The Morgan fingerprint density at radius 2 is 2.07 bits per heavy atom. The molecule has 2 aliphatic heterocycles. The summed E-state index contributed by atoms with van der Waals surface area (Å²) >= 11 is 0. The van der Waals surface area contributed by atoms with Gasteiger partial charge in [-0.05, 0) is 42.3 Å². The van der Waals surface area contributed by atoms with E-state index in [0.717, 1.165) is 43.3 Å². The van der Waals surface area contributed by atoms with Gasteiger partial charge in [0.1, 0.15) is 5.78 Å². The number of nitrogens with zero attached hydrogens (tertiary/aromatic N) is 1. The van der Waals surface area contributed by atoms with E-state index in [4.69, 9.17) is 8.92 Å². The van der Waals surface area contributed by atoms with Crippen LogP contribution in [-0.2, 0) is 20.3 Å². The third kappa shape index (κ3) is 1.97. The molecule has 5 unspecified atom stereocenters. The average molecular weight is 406 g/mol. The molecule has 0 amide bonds. The first-order valence-electron chi connectivity index (χ1n) is 10.1. The van der Waals surface area contributed by atoms with Gasteiger partial charge in [-0.2, -0.15) is 8.42 Å². The molecule has 152 valence electrons. The number of benzene rings is 1. The number of hydrogen-bond acceptors (Lipinski definition) is 6. The molecule has 28 heavy (non-hydrogen) atoms. The summed E-state index contributed by atoms with van der Waals surface area (Å²) in [6, 6.07) is 3.95. The fourth-order valence-electron chi connectivity index (χ4n) is 7.23. The Morgan fingerprint density at radius 3 is 2.71 bits per heavy atom. The van der Waals surface area contributed by atoms with E-state index in [9.17, 15) is 13.2 Å². The Balaban J connectivity index is 1.81. The zero-order chi connectivity index (χ0) is 20.1. The molecular formula is C21H27NO5S. The third-order valence-electron chi connectivity index (χ3n) is 7.97. The molecule has 6 rings (SSSR count). The molecule has 0 N–H and O–H groups in total. The molecule has 3 aliphatic carbocycles. The van der Waals surface area contributed by atoms with Crippen LogP contribution in [0.1, 0.15) is 50.2 Å². The van der Waals surface area contributed by atoms with Crippen LogP contribution in [0.5, 0.6) is 11.5 Å². The second-order valence-corrected chi connectivity index (χ2v) is 10.7. The van der Waals surface area contributed by atoms with Crippen molar-refractivity contribution in [2.45, 2.75) is 50.5 Å². The lowest BCUT2D eigenvalue weighted by atomic mass is 9.32. The lowest BCUT2D eigenvalue weighted by Gasteiger charge is -2.72. The number of ether oxygens (including phenoxy) is 1. The van der Waals surface area contributed by atoms with E-state index >= 15 is 0 Å². The van der Waals surface area contributed by atoms with Gasteiger partial charge in [0.05, 0.1) is 18.8 Å². The molecule has 1 spiro atoms. The molecular weight excluding hydrogens is 378 g/mol. The number of likely N-dealkylation sites (N-methyl/N-ethyl adjacent to an activating group) is 1. The molecule has 5 bridgehead atoms. The molecule has 0 radical (unpaired) electrons. The van der Waals surface area contributed by atoms with Crippen LogP contribution in [-0.4, -0.2) is 51.6 Å². The molecule has 3 fully saturated rings. The first-order chi connectivity index (χ1) is 13.2. The number of rotatable bonds is 4. The minimum atomic E-state index is -3.72. The SMILES string of the molecule is CCN1CC2CC3C4(C)CCC(=O)C3(c3ccc(OC)c(OS(C)(=O)=O)c32)C14. The van der Waals surface area contributed by atoms with E-state index in [1.165, 1.54) is 7.11 Å². The normalized spacial score (nSPS) is 38.4. The van der Waals surface area contributed by atoms with Crippen molar-refractivity contribution in [2.24, 2.45) is 11.3 Å². The van der Waals surface area contributed by atoms with Gasteiger partial charge in [0.2, 0.25) is 0 Å². The molecule has 2 saturated carbocycles. The second-order valence-electron chi connectivity index (χ2n) is 9.12. The molecule has 1 aromatic rings. The van der Waals surface area contributed by atoms with Crippen LogP contribution in [0.4, 0.5) is 0 Å². The highest BCUT2D eigenvalue weighted by Gasteiger charge is 2.78. The predicted octanol–water partition coefficient (Wildman–Crippen LogP) is 2.46. The molecule has 7 heteroatoms. The summed E-state index contributed by atoms with van der Waals surface area (Å²) in [5.74, 6) is 1.46. The van der Waals surface area contributed by atoms with Crippen LogP contribution in [0, 0.1) is 11.3 Å². The maximum absolute atomic E-state index is 13.5. The Hall–Kier alpha value is -1.60. The van der Waals surface area contributed by atoms with Crippen LogP contribution in [0.25, 0.3) is 0 Å². The van der Waals surface area contributed by atoms with Crippen LogP contribution < -0.4 is 8.92 Å². The Labute approximate surface area is 166 Å². The number of carbonyl (C=O) groups excluding carboxylic acids is 1. The molecule has 1 saturated heterocycles. The Morgan fingerprint density at radius 1 is 1.32 bits per heavy atom. The number of fused-ring (bicyclic) bond motifs is 1. The van der Waals surface area contributed by atoms with Crippen molar-refractivity contribution in [3.63, 3.8) is 0 Å². The summed E-state index contributed by atoms with van der Waals surface area (Å²) in [6.45, 7) is 6.20. The van der Waals surface area contributed by atoms with Gasteiger partial charge in [0, 0.05) is 30.5 Å². The summed E-state index contributed by atoms with van der Waals surface area (Å²) in [4.78, 5) is 15.9. The first kappa shape index (κ1) is 18.4. The minimum absolute atomic E-state index is 0.137. The van der Waals surface area contributed by atoms with Crippen molar-refractivity contribution in [1.29, 1.82) is 0 Å². The maximum Gasteiger partial charge on any atom is 0.306 e. The molecule has 5 atom stereocenters. The summed E-state index contributed by atoms with van der Waals surface area (Å²) in [5.41, 5.74) is 1.47. The average Bonchev–Trinajstić information content (AvgIpc) is 2.93. The van der Waals surface area contributed by atoms with Crippen molar-refractivity contribution >= 4 is 15.9 Å². The highest BCUT2D eigenvalue weighted by Crippen LogP contribution is 2.75. The van der Waals surface area contributed by atoms with E-state index < -0.39 is 15.5 Å². The van der Waals surface area contributed by atoms with Crippen molar-refractivity contribution in [3.05, 3.63) is 23.3 Å². The molecule has 6 nitrogen and oxygen atoms in total. The first-order valence-corrected chi connectivity index (χ1v) is 11.9. The standard InChI is InChI=1S/C21H27NO5S/c1-5-22-11-12-10-15-20(2)9-8-16(23)21(15,19(20)22)13-6-7-14(26-3)18(17(12)13)27-28(4,24)25/h6-7,12,15,19H,5,8-11H2,1-4H3. The van der Waals surface area contributed by atoms with Crippen LogP contribution in [0.3, 0.4) is 0 Å². The van der Waals surface area contributed by atoms with Crippen LogP contribution >= 0.6 is 0 Å². The Kier molecular flexibility index (Phi) is 3.63. The van der Waals surface area contributed by atoms with Gasteiger partial charge in [-0.1, -0.05) is 19.9 Å². The third-order valence-corrected chi connectivity index (χ3v) is 8.44. The zero-order valence-corrected chi connectivity index (χ0v) is 17.6. The molecule has 2 heterocycles. The van der Waals surface area contributed by atoms with E-state index in [2.05, 4.69) is 18.7 Å². The number of methoxy groups -OCH3 is 1.